The highest BCUT2D eigenvalue weighted by atomic mass is 32.2. The minimum absolute atomic E-state index is 0.120. The van der Waals surface area contributed by atoms with E-state index in [0.717, 1.165) is 0 Å². The van der Waals surface area contributed by atoms with Crippen LogP contribution in [0.5, 0.6) is 0 Å². The molecular formula is C24H29FN4O5S. The van der Waals surface area contributed by atoms with Crippen molar-refractivity contribution in [2.24, 2.45) is 0 Å². The highest BCUT2D eigenvalue weighted by Gasteiger charge is 2.31. The predicted molar refractivity (Wildman–Crippen MR) is 128 cm³/mol. The maximum absolute atomic E-state index is 13.5. The molecule has 3 N–H and O–H groups in total. The van der Waals surface area contributed by atoms with Crippen LogP contribution in [0.3, 0.4) is 0 Å². The number of rotatable bonds is 8. The third-order valence-corrected chi connectivity index (χ3v) is 7.55. The van der Waals surface area contributed by atoms with Crippen LogP contribution in [0, 0.1) is 5.82 Å². The van der Waals surface area contributed by atoms with Crippen LogP contribution in [0.15, 0.2) is 53.4 Å². The quantitative estimate of drug-likeness (QED) is 0.506. The molecule has 1 atom stereocenters. The lowest BCUT2D eigenvalue weighted by Crippen LogP contribution is -2.53. The maximum atomic E-state index is 13.5. The molecule has 2 aromatic rings. The fraction of sp³-hybridized carbons (Fsp3) is 0.375. The molecule has 9 nitrogen and oxygen atoms in total. The van der Waals surface area contributed by atoms with Crippen LogP contribution in [0.25, 0.3) is 0 Å². The first-order chi connectivity index (χ1) is 16.5. The fourth-order valence-corrected chi connectivity index (χ4v) is 5.43. The molecule has 3 amide bonds. The van der Waals surface area contributed by atoms with E-state index in [2.05, 4.69) is 16.0 Å². The normalized spacial score (nSPS) is 15.7. The number of sulfonamides is 1. The van der Waals surface area contributed by atoms with E-state index in [4.69, 9.17) is 0 Å². The molecule has 1 saturated heterocycles. The number of carbonyl (C=O) groups is 3. The Kier molecular flexibility index (Phi) is 8.57. The number of anilines is 1. The van der Waals surface area contributed by atoms with Gasteiger partial charge in [-0.25, -0.2) is 12.8 Å². The molecule has 0 radical (unpaired) electrons. The van der Waals surface area contributed by atoms with E-state index in [1.54, 1.807) is 6.07 Å². The summed E-state index contributed by atoms with van der Waals surface area (Å²) in [5, 5.41) is 8.08. The molecule has 0 aromatic heterocycles. The van der Waals surface area contributed by atoms with Crippen molar-refractivity contribution in [1.82, 2.24) is 14.9 Å². The van der Waals surface area contributed by atoms with Crippen molar-refractivity contribution in [3.05, 3.63) is 59.9 Å². The number of piperidine rings is 1. The van der Waals surface area contributed by atoms with Crippen LogP contribution < -0.4 is 16.0 Å². The van der Waals surface area contributed by atoms with E-state index in [-0.39, 0.29) is 42.3 Å². The van der Waals surface area contributed by atoms with Gasteiger partial charge in [-0.2, -0.15) is 4.31 Å². The van der Waals surface area contributed by atoms with Crippen molar-refractivity contribution in [2.75, 3.05) is 18.4 Å². The summed E-state index contributed by atoms with van der Waals surface area (Å²) in [7, 11) is -3.72. The van der Waals surface area contributed by atoms with Crippen molar-refractivity contribution in [3.63, 3.8) is 0 Å². The Labute approximate surface area is 204 Å². The summed E-state index contributed by atoms with van der Waals surface area (Å²) in [6.45, 7) is 3.11. The van der Waals surface area contributed by atoms with Gasteiger partial charge < -0.3 is 16.0 Å². The van der Waals surface area contributed by atoms with Crippen LogP contribution in [-0.4, -0.2) is 55.6 Å². The molecule has 0 aliphatic carbocycles. The summed E-state index contributed by atoms with van der Waals surface area (Å²) in [4.78, 5) is 35.7. The first-order valence-electron chi connectivity index (χ1n) is 11.2. The topological polar surface area (TPSA) is 125 Å². The second-order valence-corrected chi connectivity index (χ2v) is 10.4. The van der Waals surface area contributed by atoms with Crippen molar-refractivity contribution in [3.8, 4) is 0 Å². The number of halogens is 1. The first kappa shape index (κ1) is 26.3. The van der Waals surface area contributed by atoms with Gasteiger partial charge in [-0.05, 0) is 54.8 Å². The summed E-state index contributed by atoms with van der Waals surface area (Å²) < 4.78 is 40.8. The number of nitrogens with zero attached hydrogens (tertiary/aromatic N) is 1. The Hall–Kier alpha value is -3.31. The molecular weight excluding hydrogens is 475 g/mol. The summed E-state index contributed by atoms with van der Waals surface area (Å²) >= 11 is 0. The van der Waals surface area contributed by atoms with Gasteiger partial charge in [-0.3, -0.25) is 14.4 Å². The van der Waals surface area contributed by atoms with Gasteiger partial charge in [0.25, 0.3) is 0 Å². The van der Waals surface area contributed by atoms with Gasteiger partial charge >= 0.3 is 0 Å². The lowest BCUT2D eigenvalue weighted by atomic mass is 10.0. The summed E-state index contributed by atoms with van der Waals surface area (Å²) in [6, 6.07) is 10.6. The maximum Gasteiger partial charge on any atom is 0.243 e. The van der Waals surface area contributed by atoms with Crippen LogP contribution in [0.4, 0.5) is 10.1 Å². The van der Waals surface area contributed by atoms with Gasteiger partial charge in [0, 0.05) is 45.1 Å². The average molecular weight is 505 g/mol. The second-order valence-electron chi connectivity index (χ2n) is 8.48. The Bertz CT molecular complexity index is 1180. The van der Waals surface area contributed by atoms with E-state index >= 15 is 0 Å². The molecule has 2 aromatic carbocycles. The summed E-state index contributed by atoms with van der Waals surface area (Å²) in [6.07, 6.45) is 0.939. The third-order valence-electron chi connectivity index (χ3n) is 5.64. The van der Waals surface area contributed by atoms with Gasteiger partial charge in [0.05, 0.1) is 4.90 Å². The highest BCUT2D eigenvalue weighted by molar-refractivity contribution is 7.89. The molecule has 11 heteroatoms. The van der Waals surface area contributed by atoms with E-state index in [0.29, 0.717) is 24.1 Å². The lowest BCUT2D eigenvalue weighted by Gasteiger charge is -2.32. The molecule has 1 aliphatic rings. The van der Waals surface area contributed by atoms with Gasteiger partial charge in [0.2, 0.25) is 27.7 Å². The lowest BCUT2D eigenvalue weighted by molar-refractivity contribution is -0.128. The van der Waals surface area contributed by atoms with Gasteiger partial charge in [0.15, 0.2) is 0 Å². The predicted octanol–water partition coefficient (Wildman–Crippen LogP) is 1.80. The van der Waals surface area contributed by atoms with E-state index in [9.17, 15) is 27.2 Å². The first-order valence-corrected chi connectivity index (χ1v) is 12.7. The average Bonchev–Trinajstić information content (AvgIpc) is 2.79. The van der Waals surface area contributed by atoms with Crippen molar-refractivity contribution >= 4 is 33.4 Å². The van der Waals surface area contributed by atoms with E-state index in [1.807, 2.05) is 0 Å². The molecule has 188 valence electrons. The monoisotopic (exact) mass is 504 g/mol. The number of nitrogens with one attached hydrogen (secondary N) is 3. The largest absolute Gasteiger partial charge is 0.351 e. The van der Waals surface area contributed by atoms with Gasteiger partial charge in [-0.15, -0.1) is 0 Å². The number of hydrogen-bond donors (Lipinski definition) is 3. The fourth-order valence-electron chi connectivity index (χ4n) is 3.96. The van der Waals surface area contributed by atoms with Crippen LogP contribution in [-0.2, 0) is 30.8 Å². The van der Waals surface area contributed by atoms with Gasteiger partial charge in [0.1, 0.15) is 11.9 Å². The zero-order valence-corrected chi connectivity index (χ0v) is 20.4. The standard InChI is InChI=1S/C24H29FN4O5S/c1-16(30)26-20-6-8-22(9-7-20)35(33,34)29-12-10-21(11-13-29)28-24(32)23(27-17(2)31)15-18-4-3-5-19(25)14-18/h3-9,14,21,23H,10-13,15H2,1-2H3,(H,26,30)(H,27,31)(H,28,32). The smallest absolute Gasteiger partial charge is 0.243 e. The molecule has 0 spiro atoms. The second kappa shape index (κ2) is 11.4. The molecule has 35 heavy (non-hydrogen) atoms. The number of hydrogen-bond acceptors (Lipinski definition) is 5. The Morgan fingerprint density at radius 3 is 2.26 bits per heavy atom. The molecule has 0 saturated carbocycles. The Morgan fingerprint density at radius 2 is 1.69 bits per heavy atom. The van der Waals surface area contributed by atoms with E-state index < -0.39 is 27.8 Å². The van der Waals surface area contributed by atoms with Crippen molar-refractivity contribution in [2.45, 2.75) is 50.1 Å². The van der Waals surface area contributed by atoms with Crippen molar-refractivity contribution < 1.29 is 27.2 Å². The molecule has 0 bridgehead atoms. The highest BCUT2D eigenvalue weighted by Crippen LogP contribution is 2.22. The zero-order chi connectivity index (χ0) is 25.6. The molecule has 3 rings (SSSR count). The Balaban J connectivity index is 1.59. The zero-order valence-electron chi connectivity index (χ0n) is 19.6. The van der Waals surface area contributed by atoms with E-state index in [1.165, 1.54) is 60.6 Å². The number of benzene rings is 2. The van der Waals surface area contributed by atoms with Gasteiger partial charge in [-0.1, -0.05) is 12.1 Å². The number of amides is 3. The SMILES string of the molecule is CC(=O)Nc1ccc(S(=O)(=O)N2CCC(NC(=O)C(Cc3cccc(F)c3)NC(C)=O)CC2)cc1. The molecule has 1 fully saturated rings. The third kappa shape index (κ3) is 7.33. The van der Waals surface area contributed by atoms with Crippen LogP contribution >= 0.6 is 0 Å². The Morgan fingerprint density at radius 1 is 1.03 bits per heavy atom. The summed E-state index contributed by atoms with van der Waals surface area (Å²) in [5.41, 5.74) is 1.08. The molecule has 1 unspecified atom stereocenters. The van der Waals surface area contributed by atoms with Crippen LogP contribution in [0.1, 0.15) is 32.3 Å². The van der Waals surface area contributed by atoms with Crippen LogP contribution in [0.2, 0.25) is 0 Å². The summed E-state index contributed by atoms with van der Waals surface area (Å²) in [5.74, 6) is -1.46. The minimum atomic E-state index is -3.72. The molecule has 1 heterocycles. The van der Waals surface area contributed by atoms with Crippen molar-refractivity contribution in [1.29, 1.82) is 0 Å². The minimum Gasteiger partial charge on any atom is -0.351 e. The molecule has 1 aliphatic heterocycles. The number of carbonyl (C=O) groups excluding carboxylic acids is 3.